The van der Waals surface area contributed by atoms with Crippen LogP contribution in [0, 0.1) is 18.7 Å². The van der Waals surface area contributed by atoms with E-state index >= 15 is 0 Å². The van der Waals surface area contributed by atoms with Crippen molar-refractivity contribution in [3.63, 3.8) is 0 Å². The average Bonchev–Trinajstić information content (AvgIpc) is 2.92. The molecule has 2 aromatic rings. The van der Waals surface area contributed by atoms with Gasteiger partial charge in [-0.05, 0) is 62.3 Å². The SMILES string of the molecule is Cc1cc(C(=O)N2CCC[C@@H](CCc3cccc(F)c3)C2)nn1C. The van der Waals surface area contributed by atoms with Crippen molar-refractivity contribution in [3.05, 3.63) is 53.1 Å². The summed E-state index contributed by atoms with van der Waals surface area (Å²) in [5, 5.41) is 4.30. The number of nitrogens with zero attached hydrogens (tertiary/aromatic N) is 3. The molecule has 1 fully saturated rings. The number of aromatic nitrogens is 2. The summed E-state index contributed by atoms with van der Waals surface area (Å²) in [5.41, 5.74) is 2.54. The number of carbonyl (C=O) groups excluding carboxylic acids is 1. The molecule has 0 saturated carbocycles. The first-order chi connectivity index (χ1) is 11.5. The molecule has 0 bridgehead atoms. The van der Waals surface area contributed by atoms with Gasteiger partial charge in [0.25, 0.3) is 5.91 Å². The summed E-state index contributed by atoms with van der Waals surface area (Å²) >= 11 is 0. The van der Waals surface area contributed by atoms with Crippen LogP contribution in [0.3, 0.4) is 0 Å². The van der Waals surface area contributed by atoms with Gasteiger partial charge >= 0.3 is 0 Å². The van der Waals surface area contributed by atoms with Crippen molar-refractivity contribution < 1.29 is 9.18 Å². The number of halogens is 1. The van der Waals surface area contributed by atoms with Gasteiger partial charge in [-0.15, -0.1) is 0 Å². The van der Waals surface area contributed by atoms with Crippen LogP contribution >= 0.6 is 0 Å². The highest BCUT2D eigenvalue weighted by atomic mass is 19.1. The summed E-state index contributed by atoms with van der Waals surface area (Å²) in [4.78, 5) is 14.5. The van der Waals surface area contributed by atoms with Crippen LogP contribution in [0.5, 0.6) is 0 Å². The third-order valence-corrected chi connectivity index (χ3v) is 4.87. The zero-order valence-corrected chi connectivity index (χ0v) is 14.3. The van der Waals surface area contributed by atoms with E-state index in [1.165, 1.54) is 6.07 Å². The maximum Gasteiger partial charge on any atom is 0.274 e. The van der Waals surface area contributed by atoms with Gasteiger partial charge in [-0.25, -0.2) is 4.39 Å². The first-order valence-corrected chi connectivity index (χ1v) is 8.57. The molecule has 24 heavy (non-hydrogen) atoms. The molecule has 0 aliphatic carbocycles. The summed E-state index contributed by atoms with van der Waals surface area (Å²) in [6.45, 7) is 3.51. The second-order valence-electron chi connectivity index (χ2n) is 6.72. The molecule has 1 atom stereocenters. The Morgan fingerprint density at radius 2 is 2.21 bits per heavy atom. The Bertz CT molecular complexity index is 706. The average molecular weight is 329 g/mol. The van der Waals surface area contributed by atoms with E-state index in [-0.39, 0.29) is 11.7 Å². The molecule has 1 amide bonds. The Kier molecular flexibility index (Phi) is 4.97. The third kappa shape index (κ3) is 3.83. The van der Waals surface area contributed by atoms with E-state index < -0.39 is 0 Å². The number of carbonyl (C=O) groups is 1. The second-order valence-corrected chi connectivity index (χ2v) is 6.72. The molecule has 1 aliphatic heterocycles. The Morgan fingerprint density at radius 1 is 1.38 bits per heavy atom. The highest BCUT2D eigenvalue weighted by Gasteiger charge is 2.25. The predicted molar refractivity (Wildman–Crippen MR) is 91.3 cm³/mol. The summed E-state index contributed by atoms with van der Waals surface area (Å²) in [5.74, 6) is 0.309. The molecule has 1 aromatic heterocycles. The van der Waals surface area contributed by atoms with Gasteiger partial charge in [0.15, 0.2) is 5.69 Å². The van der Waals surface area contributed by atoms with E-state index in [0.717, 1.165) is 50.0 Å². The van der Waals surface area contributed by atoms with E-state index in [9.17, 15) is 9.18 Å². The summed E-state index contributed by atoms with van der Waals surface area (Å²) in [7, 11) is 1.85. The van der Waals surface area contributed by atoms with Crippen molar-refractivity contribution in [1.29, 1.82) is 0 Å². The minimum atomic E-state index is -0.182. The van der Waals surface area contributed by atoms with Gasteiger partial charge < -0.3 is 4.90 Å². The van der Waals surface area contributed by atoms with Crippen LogP contribution in [0.1, 0.15) is 41.0 Å². The van der Waals surface area contributed by atoms with Crippen LogP contribution in [0.25, 0.3) is 0 Å². The molecular formula is C19H24FN3O. The topological polar surface area (TPSA) is 38.1 Å². The normalized spacial score (nSPS) is 18.0. The summed E-state index contributed by atoms with van der Waals surface area (Å²) < 4.78 is 15.0. The Hall–Kier alpha value is -2.17. The highest BCUT2D eigenvalue weighted by molar-refractivity contribution is 5.92. The molecule has 1 aliphatic rings. The lowest BCUT2D eigenvalue weighted by atomic mass is 9.91. The van der Waals surface area contributed by atoms with E-state index in [1.807, 2.05) is 31.0 Å². The van der Waals surface area contributed by atoms with E-state index in [2.05, 4.69) is 5.10 Å². The minimum Gasteiger partial charge on any atom is -0.337 e. The molecule has 5 heteroatoms. The number of aryl methyl sites for hydroxylation is 3. The van der Waals surface area contributed by atoms with Crippen LogP contribution in [0.15, 0.2) is 30.3 Å². The van der Waals surface area contributed by atoms with Crippen molar-refractivity contribution in [2.75, 3.05) is 13.1 Å². The lowest BCUT2D eigenvalue weighted by molar-refractivity contribution is 0.0661. The molecule has 3 rings (SSSR count). The largest absolute Gasteiger partial charge is 0.337 e. The lowest BCUT2D eigenvalue weighted by Crippen LogP contribution is -2.40. The summed E-state index contributed by atoms with van der Waals surface area (Å²) in [6.07, 6.45) is 3.98. The quantitative estimate of drug-likeness (QED) is 0.863. The Balaban J connectivity index is 1.58. The number of amides is 1. The number of rotatable bonds is 4. The fraction of sp³-hybridized carbons (Fsp3) is 0.474. The molecule has 0 N–H and O–H groups in total. The van der Waals surface area contributed by atoms with E-state index in [0.29, 0.717) is 11.6 Å². The standard InChI is InChI=1S/C19H24FN3O/c1-14-11-18(21-22(14)2)19(24)23-10-4-6-16(13-23)9-8-15-5-3-7-17(20)12-15/h3,5,7,11-12,16H,4,6,8-10,13H2,1-2H3/t16-/m0/s1. The number of hydrogen-bond acceptors (Lipinski definition) is 2. The van der Waals surface area contributed by atoms with E-state index in [1.54, 1.807) is 16.8 Å². The zero-order chi connectivity index (χ0) is 17.1. The maximum atomic E-state index is 13.3. The molecule has 2 heterocycles. The first kappa shape index (κ1) is 16.7. The lowest BCUT2D eigenvalue weighted by Gasteiger charge is -2.32. The van der Waals surface area contributed by atoms with Crippen LogP contribution in [0.2, 0.25) is 0 Å². The van der Waals surface area contributed by atoms with Crippen molar-refractivity contribution in [2.45, 2.75) is 32.6 Å². The van der Waals surface area contributed by atoms with Gasteiger partial charge in [0, 0.05) is 25.8 Å². The van der Waals surface area contributed by atoms with E-state index in [4.69, 9.17) is 0 Å². The van der Waals surface area contributed by atoms with Crippen LogP contribution < -0.4 is 0 Å². The van der Waals surface area contributed by atoms with Gasteiger partial charge in [0.1, 0.15) is 5.82 Å². The van der Waals surface area contributed by atoms with Crippen LogP contribution in [-0.4, -0.2) is 33.7 Å². The molecule has 0 unspecified atom stereocenters. The van der Waals surface area contributed by atoms with Crippen molar-refractivity contribution in [1.82, 2.24) is 14.7 Å². The third-order valence-electron chi connectivity index (χ3n) is 4.87. The van der Waals surface area contributed by atoms with Crippen molar-refractivity contribution in [2.24, 2.45) is 13.0 Å². The summed E-state index contributed by atoms with van der Waals surface area (Å²) in [6, 6.07) is 8.64. The Labute approximate surface area is 142 Å². The van der Waals surface area contributed by atoms with Crippen molar-refractivity contribution in [3.8, 4) is 0 Å². The maximum absolute atomic E-state index is 13.3. The first-order valence-electron chi connectivity index (χ1n) is 8.57. The minimum absolute atomic E-state index is 0.0224. The fourth-order valence-electron chi connectivity index (χ4n) is 3.38. The molecule has 128 valence electrons. The zero-order valence-electron chi connectivity index (χ0n) is 14.3. The monoisotopic (exact) mass is 329 g/mol. The Morgan fingerprint density at radius 3 is 2.92 bits per heavy atom. The predicted octanol–water partition coefficient (Wildman–Crippen LogP) is 3.35. The van der Waals surface area contributed by atoms with Crippen LogP contribution in [0.4, 0.5) is 4.39 Å². The van der Waals surface area contributed by atoms with Gasteiger partial charge in [-0.1, -0.05) is 12.1 Å². The number of piperidine rings is 1. The van der Waals surface area contributed by atoms with Crippen molar-refractivity contribution >= 4 is 5.91 Å². The van der Waals surface area contributed by atoms with Crippen LogP contribution in [-0.2, 0) is 13.5 Å². The molecular weight excluding hydrogens is 305 g/mol. The number of likely N-dealkylation sites (tertiary alicyclic amines) is 1. The molecule has 0 spiro atoms. The smallest absolute Gasteiger partial charge is 0.274 e. The number of hydrogen-bond donors (Lipinski definition) is 0. The fourth-order valence-corrected chi connectivity index (χ4v) is 3.38. The molecule has 4 nitrogen and oxygen atoms in total. The second kappa shape index (κ2) is 7.16. The molecule has 1 aromatic carbocycles. The molecule has 0 radical (unpaired) electrons. The number of benzene rings is 1. The van der Waals surface area contributed by atoms with Gasteiger partial charge in [-0.2, -0.15) is 5.10 Å². The van der Waals surface area contributed by atoms with Gasteiger partial charge in [0.05, 0.1) is 0 Å². The molecule has 1 saturated heterocycles. The van der Waals surface area contributed by atoms with Gasteiger partial charge in [-0.3, -0.25) is 9.48 Å². The van der Waals surface area contributed by atoms with Gasteiger partial charge in [0.2, 0.25) is 0 Å². The highest BCUT2D eigenvalue weighted by Crippen LogP contribution is 2.23.